The summed E-state index contributed by atoms with van der Waals surface area (Å²) in [5.41, 5.74) is 4.99. The molecule has 0 aliphatic carbocycles. The molecule has 0 radical (unpaired) electrons. The van der Waals surface area contributed by atoms with Gasteiger partial charge < -0.3 is 15.9 Å². The van der Waals surface area contributed by atoms with Crippen molar-refractivity contribution in [2.45, 2.75) is 77.4 Å². The molecular weight excluding hydrogens is 230 g/mol. The minimum absolute atomic E-state index is 0.453. The van der Waals surface area contributed by atoms with Crippen molar-refractivity contribution in [2.24, 2.45) is 11.7 Å². The van der Waals surface area contributed by atoms with E-state index in [0.717, 1.165) is 12.8 Å². The van der Waals surface area contributed by atoms with Gasteiger partial charge in [0.05, 0.1) is 0 Å². The Balaban J connectivity index is 3.78. The zero-order valence-electron chi connectivity index (χ0n) is 11.8. The van der Waals surface area contributed by atoms with Gasteiger partial charge in [-0.3, -0.25) is 4.79 Å². The van der Waals surface area contributed by atoms with Crippen molar-refractivity contribution in [3.05, 3.63) is 0 Å². The van der Waals surface area contributed by atoms with Crippen molar-refractivity contribution in [2.75, 3.05) is 0 Å². The van der Waals surface area contributed by atoms with Gasteiger partial charge in [-0.1, -0.05) is 58.8 Å². The first-order chi connectivity index (χ1) is 8.46. The third-order valence-corrected chi connectivity index (χ3v) is 3.58. The highest BCUT2D eigenvalue weighted by Gasteiger charge is 2.38. The number of carbonyl (C=O) groups excluding carboxylic acids is 1. The van der Waals surface area contributed by atoms with Crippen molar-refractivity contribution in [3.63, 3.8) is 0 Å². The Morgan fingerprint density at radius 1 is 1.06 bits per heavy atom. The number of rotatable bonds is 11. The number of primary amides is 1. The molecule has 0 saturated heterocycles. The fraction of sp³-hybridized carbons (Fsp3) is 0.929. The molecule has 0 aromatic heterocycles. The van der Waals surface area contributed by atoms with Crippen LogP contribution in [0.25, 0.3) is 0 Å². The third-order valence-electron chi connectivity index (χ3n) is 3.58. The molecule has 1 unspecified atom stereocenters. The van der Waals surface area contributed by atoms with Crippen LogP contribution >= 0.6 is 0 Å². The summed E-state index contributed by atoms with van der Waals surface area (Å²) in [5.74, 6) is -3.85. The van der Waals surface area contributed by atoms with E-state index in [1.54, 1.807) is 0 Å². The standard InChI is InChI=1S/C14H29NO3/c1-3-5-6-7-8-9-10-11-12(4-2)14(17,18)13(15)16/h12,17-18H,3-11H2,1-2H3,(H2,15,16). The Morgan fingerprint density at radius 2 is 1.56 bits per heavy atom. The Labute approximate surface area is 111 Å². The molecule has 0 saturated carbocycles. The summed E-state index contributed by atoms with van der Waals surface area (Å²) in [7, 11) is 0. The SMILES string of the molecule is CCCCCCCCCC(CC)C(O)(O)C(N)=O. The van der Waals surface area contributed by atoms with Gasteiger partial charge in [-0.15, -0.1) is 0 Å². The van der Waals surface area contributed by atoms with Crippen LogP contribution in [0.15, 0.2) is 0 Å². The van der Waals surface area contributed by atoms with E-state index in [-0.39, 0.29) is 0 Å². The first-order valence-corrected chi connectivity index (χ1v) is 7.21. The molecule has 108 valence electrons. The highest BCUT2D eigenvalue weighted by atomic mass is 16.5. The summed E-state index contributed by atoms with van der Waals surface area (Å²) < 4.78 is 0. The Morgan fingerprint density at radius 3 is 2.00 bits per heavy atom. The number of nitrogens with two attached hydrogens (primary N) is 1. The summed E-state index contributed by atoms with van der Waals surface area (Å²) >= 11 is 0. The minimum Gasteiger partial charge on any atom is -0.365 e. The lowest BCUT2D eigenvalue weighted by molar-refractivity contribution is -0.204. The molecular formula is C14H29NO3. The number of amides is 1. The van der Waals surface area contributed by atoms with Gasteiger partial charge in [0.25, 0.3) is 5.91 Å². The van der Waals surface area contributed by atoms with Crippen molar-refractivity contribution in [3.8, 4) is 0 Å². The van der Waals surface area contributed by atoms with Crippen molar-refractivity contribution in [1.82, 2.24) is 0 Å². The number of hydrogen-bond donors (Lipinski definition) is 3. The maximum Gasteiger partial charge on any atom is 0.277 e. The average molecular weight is 259 g/mol. The normalized spacial score (nSPS) is 13.6. The van der Waals surface area contributed by atoms with Gasteiger partial charge >= 0.3 is 0 Å². The maximum atomic E-state index is 11.0. The number of aliphatic hydroxyl groups is 2. The second kappa shape index (κ2) is 9.34. The van der Waals surface area contributed by atoms with Crippen LogP contribution in [0.3, 0.4) is 0 Å². The minimum atomic E-state index is -2.35. The molecule has 1 amide bonds. The molecule has 1 atom stereocenters. The highest BCUT2D eigenvalue weighted by molar-refractivity contribution is 5.81. The van der Waals surface area contributed by atoms with Crippen molar-refractivity contribution in [1.29, 1.82) is 0 Å². The van der Waals surface area contributed by atoms with Crippen LogP contribution in [0.5, 0.6) is 0 Å². The molecule has 18 heavy (non-hydrogen) atoms. The van der Waals surface area contributed by atoms with Gasteiger partial charge in [0.15, 0.2) is 0 Å². The Kier molecular flexibility index (Phi) is 9.02. The third kappa shape index (κ3) is 6.36. The molecule has 4 heteroatoms. The molecule has 0 aliphatic heterocycles. The fourth-order valence-corrected chi connectivity index (χ4v) is 2.24. The summed E-state index contributed by atoms with van der Waals surface area (Å²) in [6.45, 7) is 4.04. The molecule has 0 aromatic carbocycles. The quantitative estimate of drug-likeness (QED) is 0.393. The Hall–Kier alpha value is -0.610. The fourth-order valence-electron chi connectivity index (χ4n) is 2.24. The predicted octanol–water partition coefficient (Wildman–Crippen LogP) is 2.32. The lowest BCUT2D eigenvalue weighted by Gasteiger charge is -2.27. The smallest absolute Gasteiger partial charge is 0.277 e. The molecule has 4 N–H and O–H groups in total. The molecule has 0 rings (SSSR count). The van der Waals surface area contributed by atoms with Crippen LogP contribution in [0.4, 0.5) is 0 Å². The van der Waals surface area contributed by atoms with Gasteiger partial charge in [0.2, 0.25) is 5.79 Å². The van der Waals surface area contributed by atoms with Crippen molar-refractivity contribution >= 4 is 5.91 Å². The molecule has 0 aromatic rings. The van der Waals surface area contributed by atoms with Gasteiger partial charge in [-0.2, -0.15) is 0 Å². The zero-order chi connectivity index (χ0) is 14.0. The van der Waals surface area contributed by atoms with E-state index >= 15 is 0 Å². The summed E-state index contributed by atoms with van der Waals surface area (Å²) in [4.78, 5) is 11.0. The van der Waals surface area contributed by atoms with Gasteiger partial charge in [0, 0.05) is 5.92 Å². The topological polar surface area (TPSA) is 83.6 Å². The van der Waals surface area contributed by atoms with Crippen molar-refractivity contribution < 1.29 is 15.0 Å². The lowest BCUT2D eigenvalue weighted by atomic mass is 9.89. The average Bonchev–Trinajstić information content (AvgIpc) is 2.32. The van der Waals surface area contributed by atoms with E-state index in [2.05, 4.69) is 6.92 Å². The molecule has 0 aliphatic rings. The van der Waals surface area contributed by atoms with Gasteiger partial charge in [0.1, 0.15) is 0 Å². The second-order valence-electron chi connectivity index (χ2n) is 5.11. The van der Waals surface area contributed by atoms with Crippen LogP contribution in [0.1, 0.15) is 71.6 Å². The van der Waals surface area contributed by atoms with Crippen LogP contribution in [0.2, 0.25) is 0 Å². The molecule has 4 nitrogen and oxygen atoms in total. The molecule has 0 heterocycles. The van der Waals surface area contributed by atoms with Crippen LogP contribution in [-0.2, 0) is 4.79 Å². The molecule has 0 fully saturated rings. The van der Waals surface area contributed by atoms with E-state index in [0.29, 0.717) is 12.8 Å². The van der Waals surface area contributed by atoms with Crippen LogP contribution in [-0.4, -0.2) is 21.9 Å². The van der Waals surface area contributed by atoms with E-state index in [9.17, 15) is 15.0 Å². The summed E-state index contributed by atoms with van der Waals surface area (Å²) in [5, 5.41) is 19.2. The lowest BCUT2D eigenvalue weighted by Crippen LogP contribution is -2.49. The number of hydrogen-bond acceptors (Lipinski definition) is 3. The first kappa shape index (κ1) is 17.4. The monoisotopic (exact) mass is 259 g/mol. The zero-order valence-corrected chi connectivity index (χ0v) is 11.8. The molecule has 0 bridgehead atoms. The first-order valence-electron chi connectivity index (χ1n) is 7.21. The van der Waals surface area contributed by atoms with E-state index < -0.39 is 17.6 Å². The van der Waals surface area contributed by atoms with Gasteiger partial charge in [-0.05, 0) is 12.8 Å². The largest absolute Gasteiger partial charge is 0.365 e. The number of carbonyl (C=O) groups is 1. The second-order valence-corrected chi connectivity index (χ2v) is 5.11. The summed E-state index contributed by atoms with van der Waals surface area (Å²) in [6.07, 6.45) is 9.41. The van der Waals surface area contributed by atoms with E-state index in [1.165, 1.54) is 32.1 Å². The summed E-state index contributed by atoms with van der Waals surface area (Å²) in [6, 6.07) is 0. The van der Waals surface area contributed by atoms with E-state index in [1.807, 2.05) is 6.92 Å². The number of unbranched alkanes of at least 4 members (excludes halogenated alkanes) is 6. The van der Waals surface area contributed by atoms with Crippen LogP contribution < -0.4 is 5.73 Å². The Bertz CT molecular complexity index is 229. The highest BCUT2D eigenvalue weighted by Crippen LogP contribution is 2.24. The van der Waals surface area contributed by atoms with E-state index in [4.69, 9.17) is 5.73 Å². The predicted molar refractivity (Wildman–Crippen MR) is 72.8 cm³/mol. The van der Waals surface area contributed by atoms with Gasteiger partial charge in [-0.25, -0.2) is 0 Å². The molecule has 0 spiro atoms. The van der Waals surface area contributed by atoms with Crippen LogP contribution in [0, 0.1) is 5.92 Å². The maximum absolute atomic E-state index is 11.0.